The fourth-order valence-corrected chi connectivity index (χ4v) is 5.32. The quantitative estimate of drug-likeness (QED) is 0.394. The lowest BCUT2D eigenvalue weighted by molar-refractivity contribution is -0.286. The number of hydrogen-bond donors (Lipinski definition) is 0. The molecule has 35 heavy (non-hydrogen) atoms. The molecule has 8 nitrogen and oxygen atoms in total. The van der Waals surface area contributed by atoms with Crippen LogP contribution in [0.2, 0.25) is 0 Å². The summed E-state index contributed by atoms with van der Waals surface area (Å²) in [7, 11) is -2.04. The molecule has 0 bridgehead atoms. The number of rotatable bonds is 5. The Kier molecular flexibility index (Phi) is 4.66. The molecule has 1 saturated carbocycles. The molecule has 4 heterocycles. The third-order valence-electron chi connectivity index (χ3n) is 6.31. The van der Waals surface area contributed by atoms with Crippen LogP contribution in [-0.2, 0) is 16.9 Å². The highest BCUT2D eigenvalue weighted by Gasteiger charge is 2.44. The second kappa shape index (κ2) is 7.45. The summed E-state index contributed by atoms with van der Waals surface area (Å²) in [6.45, 7) is 1.56. The van der Waals surface area contributed by atoms with Crippen LogP contribution in [0.3, 0.4) is 0 Å². The standard InChI is InChI=1S/C24H20F2N4O4S/c1-3-35(31,32)21-9-15(16-8-14(6-7-27-16)13-4-5-13)12-28-22(21)23-29-17-10-19-20(11-18(17)30(23)2)34-24(25,26)33-19/h6-13H,3-5H2,1-2H3. The Morgan fingerprint density at radius 2 is 1.86 bits per heavy atom. The molecule has 0 saturated heterocycles. The Labute approximate surface area is 199 Å². The zero-order valence-corrected chi connectivity index (χ0v) is 19.6. The van der Waals surface area contributed by atoms with Crippen LogP contribution in [0.5, 0.6) is 11.5 Å². The van der Waals surface area contributed by atoms with Gasteiger partial charge in [0.1, 0.15) is 5.69 Å². The Bertz CT molecular complexity index is 1610. The van der Waals surface area contributed by atoms with E-state index in [-0.39, 0.29) is 33.7 Å². The topological polar surface area (TPSA) is 96.2 Å². The highest BCUT2D eigenvalue weighted by Crippen LogP contribution is 2.44. The van der Waals surface area contributed by atoms with E-state index in [9.17, 15) is 17.2 Å². The van der Waals surface area contributed by atoms with Crippen LogP contribution in [0.1, 0.15) is 31.2 Å². The molecule has 0 amide bonds. The molecule has 0 unspecified atom stereocenters. The maximum absolute atomic E-state index is 13.5. The summed E-state index contributed by atoms with van der Waals surface area (Å²) in [4.78, 5) is 13.5. The van der Waals surface area contributed by atoms with E-state index in [2.05, 4.69) is 24.4 Å². The first kappa shape index (κ1) is 21.9. The second-order valence-corrected chi connectivity index (χ2v) is 10.9. The van der Waals surface area contributed by atoms with Crippen LogP contribution < -0.4 is 9.47 Å². The number of nitrogens with zero attached hydrogens (tertiary/aromatic N) is 4. The predicted molar refractivity (Wildman–Crippen MR) is 123 cm³/mol. The minimum Gasteiger partial charge on any atom is -0.395 e. The highest BCUT2D eigenvalue weighted by molar-refractivity contribution is 7.91. The zero-order valence-electron chi connectivity index (χ0n) is 18.8. The molecule has 1 aromatic carbocycles. The number of imidazole rings is 1. The van der Waals surface area contributed by atoms with Gasteiger partial charge in [-0.15, -0.1) is 8.78 Å². The van der Waals surface area contributed by atoms with Crippen molar-refractivity contribution in [1.29, 1.82) is 0 Å². The maximum Gasteiger partial charge on any atom is 0.586 e. The fraction of sp³-hybridized carbons (Fsp3) is 0.292. The van der Waals surface area contributed by atoms with Crippen molar-refractivity contribution in [3.8, 4) is 34.3 Å². The van der Waals surface area contributed by atoms with Crippen LogP contribution >= 0.6 is 0 Å². The molecule has 0 atom stereocenters. The van der Waals surface area contributed by atoms with Gasteiger partial charge in [-0.05, 0) is 42.5 Å². The van der Waals surface area contributed by atoms with Gasteiger partial charge in [-0.25, -0.2) is 13.4 Å². The molecule has 1 aliphatic heterocycles. The number of benzene rings is 1. The van der Waals surface area contributed by atoms with Gasteiger partial charge in [0.15, 0.2) is 27.2 Å². The lowest BCUT2D eigenvalue weighted by Gasteiger charge is -2.11. The summed E-state index contributed by atoms with van der Waals surface area (Å²) < 4.78 is 63.8. The average Bonchev–Trinajstić information content (AvgIpc) is 3.58. The highest BCUT2D eigenvalue weighted by atomic mass is 32.2. The summed E-state index contributed by atoms with van der Waals surface area (Å²) in [6.07, 6.45) is 1.84. The van der Waals surface area contributed by atoms with E-state index in [1.165, 1.54) is 17.7 Å². The summed E-state index contributed by atoms with van der Waals surface area (Å²) >= 11 is 0. The molecule has 4 aromatic rings. The molecule has 0 spiro atoms. The van der Waals surface area contributed by atoms with E-state index in [4.69, 9.17) is 0 Å². The summed E-state index contributed by atoms with van der Waals surface area (Å²) in [5.41, 5.74) is 3.39. The molecular formula is C24H20F2N4O4S. The van der Waals surface area contributed by atoms with Crippen LogP contribution in [0.4, 0.5) is 8.78 Å². The lowest BCUT2D eigenvalue weighted by Crippen LogP contribution is -2.25. The van der Waals surface area contributed by atoms with Gasteiger partial charge in [0.05, 0.1) is 27.4 Å². The Morgan fingerprint density at radius 3 is 2.57 bits per heavy atom. The number of aromatic nitrogens is 4. The number of pyridine rings is 2. The van der Waals surface area contributed by atoms with Gasteiger partial charge in [-0.1, -0.05) is 6.92 Å². The Balaban J connectivity index is 1.50. The van der Waals surface area contributed by atoms with Crippen LogP contribution in [0.15, 0.2) is 47.6 Å². The smallest absolute Gasteiger partial charge is 0.395 e. The lowest BCUT2D eigenvalue weighted by atomic mass is 10.1. The molecule has 0 N–H and O–H groups in total. The number of halogens is 2. The Morgan fingerprint density at radius 1 is 1.11 bits per heavy atom. The van der Waals surface area contributed by atoms with Crippen LogP contribution in [-0.4, -0.2) is 40.0 Å². The minimum atomic E-state index is -3.74. The first-order valence-electron chi connectivity index (χ1n) is 11.1. The normalized spacial score (nSPS) is 16.7. The number of sulfone groups is 1. The zero-order chi connectivity index (χ0) is 24.5. The van der Waals surface area contributed by atoms with Gasteiger partial charge in [0.2, 0.25) is 0 Å². The number of fused-ring (bicyclic) bond motifs is 2. The first-order chi connectivity index (χ1) is 16.6. The molecule has 11 heteroatoms. The van der Waals surface area contributed by atoms with E-state index < -0.39 is 16.1 Å². The van der Waals surface area contributed by atoms with Crippen molar-refractivity contribution in [2.24, 2.45) is 7.05 Å². The van der Waals surface area contributed by atoms with Crippen molar-refractivity contribution < 1.29 is 26.7 Å². The number of alkyl halides is 2. The van der Waals surface area contributed by atoms with E-state index >= 15 is 0 Å². The molecule has 180 valence electrons. The van der Waals surface area contributed by atoms with Crippen LogP contribution in [0.25, 0.3) is 33.8 Å². The van der Waals surface area contributed by atoms with Gasteiger partial charge in [-0.2, -0.15) is 0 Å². The fourth-order valence-electron chi connectivity index (χ4n) is 4.27. The van der Waals surface area contributed by atoms with Crippen molar-refractivity contribution in [2.45, 2.75) is 36.9 Å². The molecule has 1 fully saturated rings. The van der Waals surface area contributed by atoms with E-state index in [0.717, 1.165) is 12.8 Å². The van der Waals surface area contributed by atoms with Crippen molar-refractivity contribution in [1.82, 2.24) is 19.5 Å². The molecular weight excluding hydrogens is 478 g/mol. The number of hydrogen-bond acceptors (Lipinski definition) is 7. The SMILES string of the molecule is CCS(=O)(=O)c1cc(-c2cc(C3CC3)ccn2)cnc1-c1nc2cc3c(cc2n1C)OC(F)(F)O3. The minimum absolute atomic E-state index is 0.0288. The average molecular weight is 499 g/mol. The maximum atomic E-state index is 13.5. The monoisotopic (exact) mass is 498 g/mol. The van der Waals surface area contributed by atoms with Gasteiger partial charge in [0.25, 0.3) is 0 Å². The molecule has 3 aromatic heterocycles. The largest absolute Gasteiger partial charge is 0.586 e. The third kappa shape index (κ3) is 3.70. The van der Waals surface area contributed by atoms with Gasteiger partial charge >= 0.3 is 6.29 Å². The van der Waals surface area contributed by atoms with Gasteiger partial charge in [-0.3, -0.25) is 9.97 Å². The first-order valence-corrected chi connectivity index (χ1v) is 12.8. The van der Waals surface area contributed by atoms with Crippen LogP contribution in [0, 0.1) is 0 Å². The van der Waals surface area contributed by atoms with Crippen molar-refractivity contribution in [3.05, 3.63) is 48.3 Å². The van der Waals surface area contributed by atoms with E-state index in [1.807, 2.05) is 12.1 Å². The summed E-state index contributed by atoms with van der Waals surface area (Å²) in [5.74, 6) is 0.406. The number of aryl methyl sites for hydroxylation is 1. The molecule has 6 rings (SSSR count). The molecule has 1 aliphatic carbocycles. The molecule has 2 aliphatic rings. The number of ether oxygens (including phenoxy) is 2. The van der Waals surface area contributed by atoms with E-state index in [1.54, 1.807) is 37.0 Å². The summed E-state index contributed by atoms with van der Waals surface area (Å²) in [5, 5.41) is 0. The van der Waals surface area contributed by atoms with Crippen molar-refractivity contribution >= 4 is 20.9 Å². The van der Waals surface area contributed by atoms with Gasteiger partial charge < -0.3 is 14.0 Å². The third-order valence-corrected chi connectivity index (χ3v) is 8.05. The second-order valence-electron chi connectivity index (χ2n) is 8.67. The van der Waals surface area contributed by atoms with Crippen molar-refractivity contribution in [3.63, 3.8) is 0 Å². The molecule has 0 radical (unpaired) electrons. The predicted octanol–water partition coefficient (Wildman–Crippen LogP) is 4.69. The summed E-state index contributed by atoms with van der Waals surface area (Å²) in [6, 6.07) is 8.25. The van der Waals surface area contributed by atoms with Gasteiger partial charge in [0, 0.05) is 37.1 Å². The van der Waals surface area contributed by atoms with E-state index in [0.29, 0.717) is 28.2 Å². The van der Waals surface area contributed by atoms with Crippen molar-refractivity contribution in [2.75, 3.05) is 5.75 Å². The Hall–Kier alpha value is -3.60.